The zero-order chi connectivity index (χ0) is 28.1. The average molecular weight is 537 g/mol. The molecule has 5 nitrogen and oxygen atoms in total. The third-order valence-electron chi connectivity index (χ3n) is 6.54. The molecule has 1 aliphatic heterocycles. The van der Waals surface area contributed by atoms with Gasteiger partial charge in [0.05, 0.1) is 0 Å². The summed E-state index contributed by atoms with van der Waals surface area (Å²) >= 11 is 1.64. The lowest BCUT2D eigenvalue weighted by Crippen LogP contribution is -2.20. The van der Waals surface area contributed by atoms with E-state index < -0.39 is 5.60 Å². The number of anilines is 3. The van der Waals surface area contributed by atoms with E-state index in [1.807, 2.05) is 80.6 Å². The number of ether oxygens (including phenoxy) is 1. The van der Waals surface area contributed by atoms with Crippen LogP contribution in [-0.2, 0) is 4.74 Å². The first kappa shape index (κ1) is 26.3. The molecular formula is C34H24N4OS. The Balaban J connectivity index is 1.42. The minimum Gasteiger partial charge on any atom is -0.480 e. The summed E-state index contributed by atoms with van der Waals surface area (Å²) in [6.07, 6.45) is 3.78. The Labute approximate surface area is 238 Å². The van der Waals surface area contributed by atoms with Gasteiger partial charge in [-0.1, -0.05) is 54.6 Å². The SMILES string of the molecule is CC1(C)OC(=C(C#N)C#N)C(C#N)=C1/C=C/c1ccc(-c2ccc(N(c3ccccc3)c3ccccc3)cc2)s1. The van der Waals surface area contributed by atoms with Crippen molar-refractivity contribution in [1.82, 2.24) is 0 Å². The van der Waals surface area contributed by atoms with Gasteiger partial charge >= 0.3 is 0 Å². The Hall–Kier alpha value is -5.35. The van der Waals surface area contributed by atoms with Gasteiger partial charge in [0.15, 0.2) is 11.3 Å². The van der Waals surface area contributed by atoms with Gasteiger partial charge in [0.2, 0.25) is 0 Å². The van der Waals surface area contributed by atoms with E-state index in [-0.39, 0.29) is 16.9 Å². The minimum atomic E-state index is -0.838. The molecule has 2 heterocycles. The highest BCUT2D eigenvalue weighted by atomic mass is 32.1. The van der Waals surface area contributed by atoms with Gasteiger partial charge < -0.3 is 9.64 Å². The molecular weight excluding hydrogens is 512 g/mol. The topological polar surface area (TPSA) is 83.8 Å². The predicted molar refractivity (Wildman–Crippen MR) is 160 cm³/mol. The molecule has 6 heteroatoms. The second-order valence-corrected chi connectivity index (χ2v) is 10.6. The molecule has 0 saturated heterocycles. The average Bonchev–Trinajstić information content (AvgIpc) is 3.55. The Bertz CT molecular complexity index is 1700. The molecule has 0 unspecified atom stereocenters. The van der Waals surface area contributed by atoms with Crippen LogP contribution >= 0.6 is 11.3 Å². The van der Waals surface area contributed by atoms with Crippen molar-refractivity contribution >= 4 is 34.5 Å². The number of nitrogens with zero attached hydrogens (tertiary/aromatic N) is 4. The van der Waals surface area contributed by atoms with E-state index in [4.69, 9.17) is 4.74 Å². The first-order valence-electron chi connectivity index (χ1n) is 12.6. The number of hydrogen-bond donors (Lipinski definition) is 0. The number of benzene rings is 3. The molecule has 0 atom stereocenters. The lowest BCUT2D eigenvalue weighted by molar-refractivity contribution is 0.0954. The monoisotopic (exact) mass is 536 g/mol. The molecule has 0 aliphatic carbocycles. The minimum absolute atomic E-state index is 0.0455. The molecule has 0 saturated carbocycles. The van der Waals surface area contributed by atoms with Crippen molar-refractivity contribution in [1.29, 1.82) is 15.8 Å². The van der Waals surface area contributed by atoms with Gasteiger partial charge in [0.1, 0.15) is 29.4 Å². The van der Waals surface area contributed by atoms with E-state index in [2.05, 4.69) is 65.6 Å². The Kier molecular flexibility index (Phi) is 7.34. The second-order valence-electron chi connectivity index (χ2n) is 9.53. The molecule has 1 aliphatic rings. The third kappa shape index (κ3) is 5.16. The number of hydrogen-bond acceptors (Lipinski definition) is 6. The Morgan fingerprint density at radius 2 is 1.32 bits per heavy atom. The quantitative estimate of drug-likeness (QED) is 0.230. The van der Waals surface area contributed by atoms with Crippen LogP contribution in [0.3, 0.4) is 0 Å². The van der Waals surface area contributed by atoms with Crippen molar-refractivity contribution in [3.05, 3.63) is 130 Å². The molecule has 3 aromatic carbocycles. The standard InChI is InChI=1S/C34H24N4OS/c1-34(2)31(30(23-37)33(39-34)25(21-35)22-36)19-17-29-18-20-32(40-29)24-13-15-28(16-14-24)38(26-9-5-3-6-10-26)27-11-7-4-8-12-27/h3-20H,1-2H3/b19-17+. The summed E-state index contributed by atoms with van der Waals surface area (Å²) in [4.78, 5) is 4.35. The summed E-state index contributed by atoms with van der Waals surface area (Å²) in [6.45, 7) is 3.64. The highest BCUT2D eigenvalue weighted by Gasteiger charge is 2.38. The Morgan fingerprint density at radius 1 is 0.750 bits per heavy atom. The van der Waals surface area contributed by atoms with Crippen LogP contribution in [0.25, 0.3) is 16.5 Å². The fourth-order valence-electron chi connectivity index (χ4n) is 4.62. The van der Waals surface area contributed by atoms with Gasteiger partial charge in [0.25, 0.3) is 0 Å². The molecule has 5 rings (SSSR count). The highest BCUT2D eigenvalue weighted by molar-refractivity contribution is 7.16. The summed E-state index contributed by atoms with van der Waals surface area (Å²) in [6, 6.07) is 39.0. The van der Waals surface area contributed by atoms with E-state index in [0.717, 1.165) is 32.4 Å². The third-order valence-corrected chi connectivity index (χ3v) is 7.64. The number of rotatable bonds is 6. The second kappa shape index (κ2) is 11.2. The van der Waals surface area contributed by atoms with Gasteiger partial charge in [-0.05, 0) is 74.0 Å². The smallest absolute Gasteiger partial charge is 0.172 e. The summed E-state index contributed by atoms with van der Waals surface area (Å²) in [7, 11) is 0. The lowest BCUT2D eigenvalue weighted by Gasteiger charge is -2.25. The van der Waals surface area contributed by atoms with E-state index >= 15 is 0 Å². The maximum absolute atomic E-state index is 9.76. The fraction of sp³-hybridized carbons (Fsp3) is 0.0882. The van der Waals surface area contributed by atoms with Crippen molar-refractivity contribution in [3.8, 4) is 28.6 Å². The molecule has 1 aromatic heterocycles. The first-order chi connectivity index (χ1) is 19.4. The van der Waals surface area contributed by atoms with E-state index in [1.165, 1.54) is 0 Å². The van der Waals surface area contributed by atoms with Crippen LogP contribution in [0.1, 0.15) is 18.7 Å². The molecule has 4 aromatic rings. The van der Waals surface area contributed by atoms with Crippen LogP contribution in [0.5, 0.6) is 0 Å². The number of para-hydroxylation sites is 2. The van der Waals surface area contributed by atoms with Crippen molar-refractivity contribution in [2.45, 2.75) is 19.4 Å². The number of thiophene rings is 1. The number of allylic oxidation sites excluding steroid dienone is 2. The van der Waals surface area contributed by atoms with Gasteiger partial charge in [-0.15, -0.1) is 11.3 Å². The summed E-state index contributed by atoms with van der Waals surface area (Å²) in [5, 5.41) is 28.3. The maximum atomic E-state index is 9.76. The molecule has 192 valence electrons. The van der Waals surface area contributed by atoms with Gasteiger partial charge in [-0.3, -0.25) is 0 Å². The Morgan fingerprint density at radius 3 is 1.88 bits per heavy atom. The van der Waals surface area contributed by atoms with E-state index in [0.29, 0.717) is 5.57 Å². The zero-order valence-corrected chi connectivity index (χ0v) is 22.8. The van der Waals surface area contributed by atoms with Crippen molar-refractivity contribution < 1.29 is 4.74 Å². The summed E-state index contributed by atoms with van der Waals surface area (Å²) < 4.78 is 5.85. The number of nitriles is 3. The summed E-state index contributed by atoms with van der Waals surface area (Å²) in [5.74, 6) is 0.0455. The van der Waals surface area contributed by atoms with Crippen molar-refractivity contribution in [3.63, 3.8) is 0 Å². The molecule has 40 heavy (non-hydrogen) atoms. The van der Waals surface area contributed by atoms with E-state index in [1.54, 1.807) is 11.3 Å². The molecule has 0 fully saturated rings. The largest absolute Gasteiger partial charge is 0.480 e. The molecule has 0 spiro atoms. The predicted octanol–water partition coefficient (Wildman–Crippen LogP) is 8.83. The molecule has 0 bridgehead atoms. The fourth-order valence-corrected chi connectivity index (χ4v) is 5.54. The first-order valence-corrected chi connectivity index (χ1v) is 13.4. The molecule has 0 amide bonds. The molecule has 0 radical (unpaired) electrons. The van der Waals surface area contributed by atoms with Crippen LogP contribution in [0.15, 0.2) is 126 Å². The van der Waals surface area contributed by atoms with Crippen molar-refractivity contribution in [2.75, 3.05) is 4.90 Å². The molecule has 0 N–H and O–H groups in total. The van der Waals surface area contributed by atoms with Crippen LogP contribution in [0.4, 0.5) is 17.1 Å². The summed E-state index contributed by atoms with van der Waals surface area (Å²) in [5.41, 5.74) is 4.16. The van der Waals surface area contributed by atoms with Crippen LogP contribution in [-0.4, -0.2) is 5.60 Å². The zero-order valence-electron chi connectivity index (χ0n) is 22.0. The highest BCUT2D eigenvalue weighted by Crippen LogP contribution is 2.41. The van der Waals surface area contributed by atoms with Crippen LogP contribution in [0, 0.1) is 34.0 Å². The maximum Gasteiger partial charge on any atom is 0.172 e. The van der Waals surface area contributed by atoms with Gasteiger partial charge in [0, 0.05) is 32.4 Å². The van der Waals surface area contributed by atoms with Crippen LogP contribution < -0.4 is 4.90 Å². The van der Waals surface area contributed by atoms with E-state index in [9.17, 15) is 15.8 Å². The van der Waals surface area contributed by atoms with Crippen LogP contribution in [0.2, 0.25) is 0 Å². The van der Waals surface area contributed by atoms with Gasteiger partial charge in [-0.25, -0.2) is 0 Å². The lowest BCUT2D eigenvalue weighted by atomic mass is 9.94. The van der Waals surface area contributed by atoms with Crippen molar-refractivity contribution in [2.24, 2.45) is 0 Å². The van der Waals surface area contributed by atoms with Gasteiger partial charge in [-0.2, -0.15) is 15.8 Å². The normalized spacial score (nSPS) is 13.8.